The summed E-state index contributed by atoms with van der Waals surface area (Å²) in [5.41, 5.74) is 0. The van der Waals surface area contributed by atoms with Crippen LogP contribution in [0.2, 0.25) is 0 Å². The molecule has 3 unspecified atom stereocenters. The Balaban J connectivity index is 1.78. The maximum atomic E-state index is 12.0. The van der Waals surface area contributed by atoms with Crippen molar-refractivity contribution in [2.45, 2.75) is 19.1 Å². The van der Waals surface area contributed by atoms with Gasteiger partial charge in [0.2, 0.25) is 0 Å². The van der Waals surface area contributed by atoms with E-state index in [0.717, 1.165) is 12.3 Å². The molecule has 1 saturated heterocycles. The zero-order chi connectivity index (χ0) is 15.2. The first kappa shape index (κ1) is 15.6. The Bertz CT molecular complexity index is 463. The number of aliphatic hydroxyl groups is 1. The molecule has 3 atom stereocenters. The Kier molecular flexibility index (Phi) is 5.41. The summed E-state index contributed by atoms with van der Waals surface area (Å²) in [4.78, 5) is 12.0. The van der Waals surface area contributed by atoms with Gasteiger partial charge in [-0.05, 0) is 31.2 Å². The number of rotatable bonds is 6. The fourth-order valence-corrected chi connectivity index (χ4v) is 2.21. The van der Waals surface area contributed by atoms with Crippen molar-refractivity contribution in [3.63, 3.8) is 0 Å². The van der Waals surface area contributed by atoms with Crippen LogP contribution in [0.5, 0.6) is 11.5 Å². The van der Waals surface area contributed by atoms with Crippen molar-refractivity contribution in [3.8, 4) is 11.5 Å². The molecular formula is C15H22N2O4. The molecule has 0 aliphatic carbocycles. The van der Waals surface area contributed by atoms with E-state index in [0.29, 0.717) is 18.8 Å². The van der Waals surface area contributed by atoms with Crippen molar-refractivity contribution in [2.75, 3.05) is 26.7 Å². The van der Waals surface area contributed by atoms with Gasteiger partial charge in [-0.25, -0.2) is 0 Å². The van der Waals surface area contributed by atoms with Crippen LogP contribution in [0, 0.1) is 5.92 Å². The van der Waals surface area contributed by atoms with Crippen molar-refractivity contribution in [1.82, 2.24) is 10.6 Å². The fourth-order valence-electron chi connectivity index (χ4n) is 2.21. The van der Waals surface area contributed by atoms with Crippen LogP contribution in [-0.4, -0.2) is 50.0 Å². The Morgan fingerprint density at radius 3 is 2.62 bits per heavy atom. The second-order valence-electron chi connectivity index (χ2n) is 5.17. The molecule has 0 radical (unpaired) electrons. The molecule has 21 heavy (non-hydrogen) atoms. The number of carbonyl (C=O) groups is 1. The highest BCUT2D eigenvalue weighted by Gasteiger charge is 2.26. The maximum Gasteiger partial charge on any atom is 0.260 e. The van der Waals surface area contributed by atoms with Crippen LogP contribution in [0.15, 0.2) is 24.3 Å². The van der Waals surface area contributed by atoms with Gasteiger partial charge in [-0.1, -0.05) is 0 Å². The van der Waals surface area contributed by atoms with Gasteiger partial charge in [0.25, 0.3) is 5.91 Å². The molecule has 0 aromatic heterocycles. The monoisotopic (exact) mass is 294 g/mol. The van der Waals surface area contributed by atoms with E-state index in [2.05, 4.69) is 10.6 Å². The van der Waals surface area contributed by atoms with Crippen LogP contribution in [0.4, 0.5) is 0 Å². The predicted molar refractivity (Wildman–Crippen MR) is 78.5 cm³/mol. The van der Waals surface area contributed by atoms with E-state index >= 15 is 0 Å². The summed E-state index contributed by atoms with van der Waals surface area (Å²) in [6, 6.07) is 7.07. The number of benzene rings is 1. The highest BCUT2D eigenvalue weighted by molar-refractivity contribution is 5.80. The number of hydrogen-bond donors (Lipinski definition) is 3. The molecule has 1 heterocycles. The van der Waals surface area contributed by atoms with E-state index in [1.807, 2.05) is 0 Å². The van der Waals surface area contributed by atoms with Gasteiger partial charge in [0.05, 0.1) is 13.2 Å². The van der Waals surface area contributed by atoms with E-state index in [4.69, 9.17) is 9.47 Å². The fraction of sp³-hybridized carbons (Fsp3) is 0.533. The summed E-state index contributed by atoms with van der Waals surface area (Å²) in [7, 11) is 1.60. The number of methoxy groups -OCH3 is 1. The van der Waals surface area contributed by atoms with Crippen LogP contribution >= 0.6 is 0 Å². The molecule has 6 heteroatoms. The Labute approximate surface area is 124 Å². The number of amides is 1. The number of ether oxygens (including phenoxy) is 2. The molecule has 0 spiro atoms. The third-order valence-corrected chi connectivity index (χ3v) is 3.58. The van der Waals surface area contributed by atoms with Crippen molar-refractivity contribution in [1.29, 1.82) is 0 Å². The summed E-state index contributed by atoms with van der Waals surface area (Å²) < 4.78 is 10.6. The van der Waals surface area contributed by atoms with Crippen molar-refractivity contribution < 1.29 is 19.4 Å². The van der Waals surface area contributed by atoms with Gasteiger partial charge in [0, 0.05) is 25.6 Å². The minimum absolute atomic E-state index is 0.0575. The molecular weight excluding hydrogens is 272 g/mol. The average Bonchev–Trinajstić information content (AvgIpc) is 2.90. The molecule has 1 aliphatic rings. The lowest BCUT2D eigenvalue weighted by Crippen LogP contribution is -2.41. The lowest BCUT2D eigenvalue weighted by molar-refractivity contribution is -0.127. The average molecular weight is 294 g/mol. The van der Waals surface area contributed by atoms with Crippen LogP contribution in [0.25, 0.3) is 0 Å². The van der Waals surface area contributed by atoms with Crippen LogP contribution in [0.3, 0.4) is 0 Å². The third kappa shape index (κ3) is 4.34. The number of β-amino-alcohol motifs (C(OH)–C–C–N with tert-alkyl or cyclic N) is 1. The van der Waals surface area contributed by atoms with Crippen LogP contribution < -0.4 is 20.1 Å². The number of aliphatic hydroxyl groups excluding tert-OH is 1. The van der Waals surface area contributed by atoms with Gasteiger partial charge < -0.3 is 25.2 Å². The molecule has 2 rings (SSSR count). The summed E-state index contributed by atoms with van der Waals surface area (Å²) in [5, 5.41) is 15.6. The lowest BCUT2D eigenvalue weighted by atomic mass is 10.1. The molecule has 1 aliphatic heterocycles. The standard InChI is InChI=1S/C15H22N2O4/c1-10(21-13-5-3-12(20-2)4-6-13)15(19)17-8-11-7-16-9-14(11)18/h3-6,10-11,14,16,18H,7-9H2,1-2H3,(H,17,19). The normalized spacial score (nSPS) is 22.6. The Hall–Kier alpha value is -1.79. The summed E-state index contributed by atoms with van der Waals surface area (Å²) in [5.74, 6) is 1.22. The van der Waals surface area contributed by atoms with Crippen molar-refractivity contribution in [2.24, 2.45) is 5.92 Å². The molecule has 0 saturated carbocycles. The smallest absolute Gasteiger partial charge is 0.260 e. The highest BCUT2D eigenvalue weighted by Crippen LogP contribution is 2.18. The minimum Gasteiger partial charge on any atom is -0.497 e. The first-order valence-corrected chi connectivity index (χ1v) is 7.07. The Morgan fingerprint density at radius 2 is 2.05 bits per heavy atom. The second kappa shape index (κ2) is 7.28. The topological polar surface area (TPSA) is 79.8 Å². The van der Waals surface area contributed by atoms with Gasteiger partial charge >= 0.3 is 0 Å². The zero-order valence-electron chi connectivity index (χ0n) is 12.3. The molecule has 1 amide bonds. The molecule has 1 fully saturated rings. The SMILES string of the molecule is COc1ccc(OC(C)C(=O)NCC2CNCC2O)cc1. The quantitative estimate of drug-likeness (QED) is 0.696. The van der Waals surface area contributed by atoms with E-state index in [-0.39, 0.29) is 11.8 Å². The molecule has 3 N–H and O–H groups in total. The largest absolute Gasteiger partial charge is 0.497 e. The number of hydrogen-bond acceptors (Lipinski definition) is 5. The van der Waals surface area contributed by atoms with Gasteiger partial charge in [0.1, 0.15) is 11.5 Å². The van der Waals surface area contributed by atoms with E-state index in [9.17, 15) is 9.90 Å². The second-order valence-corrected chi connectivity index (χ2v) is 5.17. The zero-order valence-corrected chi connectivity index (χ0v) is 12.3. The lowest BCUT2D eigenvalue weighted by Gasteiger charge is -2.18. The first-order chi connectivity index (χ1) is 10.1. The van der Waals surface area contributed by atoms with Gasteiger partial charge in [-0.2, -0.15) is 0 Å². The number of carbonyl (C=O) groups excluding carboxylic acids is 1. The summed E-state index contributed by atoms with van der Waals surface area (Å²) in [6.07, 6.45) is -0.993. The minimum atomic E-state index is -0.593. The molecule has 116 valence electrons. The van der Waals surface area contributed by atoms with Gasteiger partial charge in [-0.15, -0.1) is 0 Å². The molecule has 1 aromatic rings. The van der Waals surface area contributed by atoms with Crippen molar-refractivity contribution >= 4 is 5.91 Å². The highest BCUT2D eigenvalue weighted by atomic mass is 16.5. The molecule has 1 aromatic carbocycles. The first-order valence-electron chi connectivity index (χ1n) is 7.07. The van der Waals surface area contributed by atoms with Gasteiger partial charge in [-0.3, -0.25) is 4.79 Å². The maximum absolute atomic E-state index is 12.0. The van der Waals surface area contributed by atoms with Crippen LogP contribution in [0.1, 0.15) is 6.92 Å². The molecule has 0 bridgehead atoms. The summed E-state index contributed by atoms with van der Waals surface area (Å²) >= 11 is 0. The Morgan fingerprint density at radius 1 is 1.38 bits per heavy atom. The third-order valence-electron chi connectivity index (χ3n) is 3.58. The van der Waals surface area contributed by atoms with E-state index < -0.39 is 12.2 Å². The van der Waals surface area contributed by atoms with Crippen LogP contribution in [-0.2, 0) is 4.79 Å². The molecule has 6 nitrogen and oxygen atoms in total. The van der Waals surface area contributed by atoms with Gasteiger partial charge in [0.15, 0.2) is 6.10 Å². The number of nitrogens with one attached hydrogen (secondary N) is 2. The van der Waals surface area contributed by atoms with E-state index in [1.165, 1.54) is 0 Å². The van der Waals surface area contributed by atoms with Crippen molar-refractivity contribution in [3.05, 3.63) is 24.3 Å². The summed E-state index contributed by atoms with van der Waals surface area (Å²) in [6.45, 7) is 3.44. The van der Waals surface area contributed by atoms with E-state index in [1.54, 1.807) is 38.3 Å². The predicted octanol–water partition coefficient (Wildman–Crippen LogP) is 0.159.